The molecule has 1 aromatic carbocycles. The second kappa shape index (κ2) is 3.62. The SMILES string of the molecule is Cc1ccc2c(c1C)NC(CCN)C2. The zero-order chi connectivity index (χ0) is 10.1. The van der Waals surface area contributed by atoms with Gasteiger partial charge in [-0.3, -0.25) is 0 Å². The number of aryl methyl sites for hydroxylation is 1. The Kier molecular flexibility index (Phi) is 2.46. The smallest absolute Gasteiger partial charge is 0.0408 e. The lowest BCUT2D eigenvalue weighted by atomic mass is 10.0. The van der Waals surface area contributed by atoms with Crippen LogP contribution in [-0.4, -0.2) is 12.6 Å². The van der Waals surface area contributed by atoms with E-state index >= 15 is 0 Å². The van der Waals surface area contributed by atoms with Crippen LogP contribution in [0.15, 0.2) is 12.1 Å². The first kappa shape index (κ1) is 9.53. The molecule has 2 heteroatoms. The van der Waals surface area contributed by atoms with Crippen LogP contribution in [0.1, 0.15) is 23.1 Å². The topological polar surface area (TPSA) is 38.0 Å². The van der Waals surface area contributed by atoms with Crippen molar-refractivity contribution in [1.29, 1.82) is 0 Å². The lowest BCUT2D eigenvalue weighted by Gasteiger charge is -2.11. The van der Waals surface area contributed by atoms with E-state index in [0.717, 1.165) is 19.4 Å². The number of nitrogens with two attached hydrogens (primary N) is 1. The summed E-state index contributed by atoms with van der Waals surface area (Å²) in [6, 6.07) is 5.00. The molecule has 0 saturated heterocycles. The van der Waals surface area contributed by atoms with Gasteiger partial charge in [-0.2, -0.15) is 0 Å². The van der Waals surface area contributed by atoms with E-state index in [1.165, 1.54) is 22.4 Å². The highest BCUT2D eigenvalue weighted by Gasteiger charge is 2.21. The van der Waals surface area contributed by atoms with Crippen LogP contribution in [-0.2, 0) is 6.42 Å². The van der Waals surface area contributed by atoms with Gasteiger partial charge in [0.05, 0.1) is 0 Å². The van der Waals surface area contributed by atoms with E-state index in [0.29, 0.717) is 6.04 Å². The highest BCUT2D eigenvalue weighted by atomic mass is 15.0. The predicted octanol–water partition coefficient (Wildman–Crippen LogP) is 1.99. The number of fused-ring (bicyclic) bond motifs is 1. The van der Waals surface area contributed by atoms with Crippen LogP contribution in [0.5, 0.6) is 0 Å². The minimum Gasteiger partial charge on any atom is -0.381 e. The van der Waals surface area contributed by atoms with Gasteiger partial charge >= 0.3 is 0 Å². The van der Waals surface area contributed by atoms with Crippen LogP contribution < -0.4 is 11.1 Å². The quantitative estimate of drug-likeness (QED) is 0.748. The van der Waals surface area contributed by atoms with Crippen LogP contribution in [0.25, 0.3) is 0 Å². The Labute approximate surface area is 85.5 Å². The fourth-order valence-corrected chi connectivity index (χ4v) is 2.14. The number of nitrogens with one attached hydrogen (secondary N) is 1. The van der Waals surface area contributed by atoms with Crippen LogP contribution >= 0.6 is 0 Å². The molecule has 1 heterocycles. The third-order valence-electron chi connectivity index (χ3n) is 3.15. The first-order chi connectivity index (χ1) is 6.72. The first-order valence-corrected chi connectivity index (χ1v) is 5.28. The van der Waals surface area contributed by atoms with Crippen LogP contribution in [0.2, 0.25) is 0 Å². The van der Waals surface area contributed by atoms with Gasteiger partial charge in [-0.1, -0.05) is 12.1 Å². The molecule has 3 N–H and O–H groups in total. The molecule has 1 aromatic rings. The summed E-state index contributed by atoms with van der Waals surface area (Å²) in [5.74, 6) is 0. The van der Waals surface area contributed by atoms with Crippen molar-refractivity contribution in [3.8, 4) is 0 Å². The molecule has 0 aromatic heterocycles. The summed E-state index contributed by atoms with van der Waals surface area (Å²) in [5, 5.41) is 3.56. The molecule has 2 rings (SSSR count). The van der Waals surface area contributed by atoms with Gasteiger partial charge in [0.15, 0.2) is 0 Å². The molecule has 76 valence electrons. The fraction of sp³-hybridized carbons (Fsp3) is 0.500. The highest BCUT2D eigenvalue weighted by Crippen LogP contribution is 2.31. The lowest BCUT2D eigenvalue weighted by molar-refractivity contribution is 0.684. The molecule has 14 heavy (non-hydrogen) atoms. The van der Waals surface area contributed by atoms with Crippen LogP contribution in [0.4, 0.5) is 5.69 Å². The number of anilines is 1. The van der Waals surface area contributed by atoms with Gasteiger partial charge in [0.2, 0.25) is 0 Å². The van der Waals surface area contributed by atoms with Crippen LogP contribution in [0.3, 0.4) is 0 Å². The summed E-state index contributed by atoms with van der Waals surface area (Å²) in [6.45, 7) is 5.11. The number of hydrogen-bond acceptors (Lipinski definition) is 2. The summed E-state index contributed by atoms with van der Waals surface area (Å²) < 4.78 is 0. The molecule has 0 spiro atoms. The van der Waals surface area contributed by atoms with E-state index in [2.05, 4.69) is 31.3 Å². The minimum atomic E-state index is 0.551. The average Bonchev–Trinajstić information content (AvgIpc) is 2.56. The zero-order valence-corrected chi connectivity index (χ0v) is 8.93. The number of rotatable bonds is 2. The summed E-state index contributed by atoms with van der Waals surface area (Å²) in [6.07, 6.45) is 2.20. The van der Waals surface area contributed by atoms with Gasteiger partial charge in [-0.25, -0.2) is 0 Å². The predicted molar refractivity (Wildman–Crippen MR) is 60.7 cm³/mol. The number of benzene rings is 1. The van der Waals surface area contributed by atoms with Gasteiger partial charge in [0.1, 0.15) is 0 Å². The maximum atomic E-state index is 5.57. The minimum absolute atomic E-state index is 0.551. The third-order valence-corrected chi connectivity index (χ3v) is 3.15. The van der Waals surface area contributed by atoms with E-state index in [1.54, 1.807) is 0 Å². The summed E-state index contributed by atoms with van der Waals surface area (Å²) in [7, 11) is 0. The van der Waals surface area contributed by atoms with Crippen LogP contribution in [0, 0.1) is 13.8 Å². The van der Waals surface area contributed by atoms with Crippen molar-refractivity contribution >= 4 is 5.69 Å². The van der Waals surface area contributed by atoms with Crippen molar-refractivity contribution in [3.63, 3.8) is 0 Å². The van der Waals surface area contributed by atoms with Crippen molar-refractivity contribution in [2.75, 3.05) is 11.9 Å². The fourth-order valence-electron chi connectivity index (χ4n) is 2.14. The molecule has 2 nitrogen and oxygen atoms in total. The van der Waals surface area contributed by atoms with Crippen molar-refractivity contribution < 1.29 is 0 Å². The van der Waals surface area contributed by atoms with E-state index in [-0.39, 0.29) is 0 Å². The molecule has 0 radical (unpaired) electrons. The molecule has 0 amide bonds. The average molecular weight is 190 g/mol. The Balaban J connectivity index is 2.26. The number of hydrogen-bond donors (Lipinski definition) is 2. The summed E-state index contributed by atoms with van der Waals surface area (Å²) in [4.78, 5) is 0. The van der Waals surface area contributed by atoms with Gasteiger partial charge in [-0.15, -0.1) is 0 Å². The highest BCUT2D eigenvalue weighted by molar-refractivity contribution is 5.63. The Morgan fingerprint density at radius 3 is 2.93 bits per heavy atom. The van der Waals surface area contributed by atoms with E-state index in [4.69, 9.17) is 5.73 Å². The molecule has 0 aliphatic carbocycles. The van der Waals surface area contributed by atoms with Gasteiger partial charge in [0.25, 0.3) is 0 Å². The van der Waals surface area contributed by atoms with Crippen molar-refractivity contribution in [2.24, 2.45) is 5.73 Å². The third kappa shape index (κ3) is 1.50. The van der Waals surface area contributed by atoms with Crippen molar-refractivity contribution in [1.82, 2.24) is 0 Å². The Morgan fingerprint density at radius 2 is 2.21 bits per heavy atom. The molecule has 0 fully saturated rings. The molecular weight excluding hydrogens is 172 g/mol. The molecule has 1 aliphatic heterocycles. The first-order valence-electron chi connectivity index (χ1n) is 5.28. The molecule has 0 saturated carbocycles. The largest absolute Gasteiger partial charge is 0.381 e. The normalized spacial score (nSPS) is 19.2. The Hall–Kier alpha value is -1.02. The van der Waals surface area contributed by atoms with Gasteiger partial charge in [0, 0.05) is 11.7 Å². The summed E-state index contributed by atoms with van der Waals surface area (Å²) in [5.41, 5.74) is 11.1. The molecule has 0 bridgehead atoms. The second-order valence-corrected chi connectivity index (χ2v) is 4.16. The summed E-state index contributed by atoms with van der Waals surface area (Å²) >= 11 is 0. The zero-order valence-electron chi connectivity index (χ0n) is 8.93. The Bertz CT molecular complexity index is 344. The lowest BCUT2D eigenvalue weighted by Crippen LogP contribution is -2.19. The van der Waals surface area contributed by atoms with Gasteiger partial charge < -0.3 is 11.1 Å². The van der Waals surface area contributed by atoms with E-state index in [9.17, 15) is 0 Å². The molecule has 1 atom stereocenters. The maximum Gasteiger partial charge on any atom is 0.0408 e. The van der Waals surface area contributed by atoms with Crippen molar-refractivity contribution in [3.05, 3.63) is 28.8 Å². The Morgan fingerprint density at radius 1 is 1.43 bits per heavy atom. The second-order valence-electron chi connectivity index (χ2n) is 4.16. The van der Waals surface area contributed by atoms with Crippen molar-refractivity contribution in [2.45, 2.75) is 32.7 Å². The standard InChI is InChI=1S/C12H18N2/c1-8-3-4-10-7-11(5-6-13)14-12(10)9(8)2/h3-4,11,14H,5-7,13H2,1-2H3. The van der Waals surface area contributed by atoms with E-state index in [1.807, 2.05) is 0 Å². The monoisotopic (exact) mass is 190 g/mol. The maximum absolute atomic E-state index is 5.57. The molecule has 1 aliphatic rings. The molecule has 1 unspecified atom stereocenters. The van der Waals surface area contributed by atoms with Gasteiger partial charge in [-0.05, 0) is 49.9 Å². The molecular formula is C12H18N2. The van der Waals surface area contributed by atoms with E-state index < -0.39 is 0 Å².